The number of fused-ring (bicyclic) bond motifs is 2. The van der Waals surface area contributed by atoms with Crippen LogP contribution in [0.3, 0.4) is 0 Å². The van der Waals surface area contributed by atoms with Crippen LogP contribution in [0.1, 0.15) is 96.9 Å². The highest BCUT2D eigenvalue weighted by Gasteiger charge is 2.76. The van der Waals surface area contributed by atoms with E-state index in [1.807, 2.05) is 0 Å². The van der Waals surface area contributed by atoms with Gasteiger partial charge in [0.2, 0.25) is 0 Å². The maximum atomic E-state index is 2.82. The molecule has 8 saturated carbocycles. The van der Waals surface area contributed by atoms with E-state index in [0.29, 0.717) is 0 Å². The van der Waals surface area contributed by atoms with Gasteiger partial charge in [-0.1, -0.05) is 96.9 Å². The Hall–Kier alpha value is 0. The Morgan fingerprint density at radius 3 is 0.476 bits per heavy atom. The molecule has 0 radical (unpaired) electrons. The zero-order chi connectivity index (χ0) is 30.2. The summed E-state index contributed by atoms with van der Waals surface area (Å²) < 4.78 is 0. The molecule has 0 N–H and O–H groups in total. The minimum absolute atomic E-state index is 0.889. The molecule has 0 aromatic heterocycles. The maximum absolute atomic E-state index is 2.82. The molecule has 8 fully saturated rings. The van der Waals surface area contributed by atoms with Crippen LogP contribution in [0, 0.1) is 166 Å². The van der Waals surface area contributed by atoms with Crippen LogP contribution in [-0.4, -0.2) is 0 Å². The lowest BCUT2D eigenvalue weighted by Gasteiger charge is -2.80. The van der Waals surface area contributed by atoms with E-state index in [9.17, 15) is 0 Å². The SMILES string of the molecule is C[C@@H]1[C@H](C)C2C3C4C5C6C7C8C(C5[C@H](C)[C@H](C)C4[C@H](C)[C@H](C)C3[C@@H]1C)[C@@H](C)[C@@H](C)[C@@H](C)C8[C@@H](C)[C@@H](C)C7[C@@H](C)[C@@H](C)C62. The third kappa shape index (κ3) is 3.10. The molecule has 0 heteroatoms. The van der Waals surface area contributed by atoms with E-state index < -0.39 is 0 Å². The summed E-state index contributed by atoms with van der Waals surface area (Å²) in [6, 6.07) is 0. The molecule has 0 aromatic rings. The van der Waals surface area contributed by atoms with Crippen molar-refractivity contribution in [1.29, 1.82) is 0 Å². The Morgan fingerprint density at radius 1 is 0.119 bits per heavy atom. The quantitative estimate of drug-likeness (QED) is 0.270. The third-order valence-electron chi connectivity index (χ3n) is 20.6. The van der Waals surface area contributed by atoms with Crippen molar-refractivity contribution in [2.24, 2.45) is 166 Å². The molecule has 0 nitrogen and oxygen atoms in total. The lowest BCUT2D eigenvalue weighted by Crippen LogP contribution is -2.76. The lowest BCUT2D eigenvalue weighted by molar-refractivity contribution is -0.329. The van der Waals surface area contributed by atoms with Gasteiger partial charge in [-0.05, 0) is 166 Å². The fourth-order valence-electron chi connectivity index (χ4n) is 18.3. The van der Waals surface area contributed by atoms with Gasteiger partial charge in [-0.25, -0.2) is 0 Å². The first-order chi connectivity index (χ1) is 19.7. The first kappa shape index (κ1) is 29.4. The second-order valence-electron chi connectivity index (χ2n) is 20.1. The van der Waals surface area contributed by atoms with Gasteiger partial charge >= 0.3 is 0 Å². The predicted molar refractivity (Wildman–Crippen MR) is 177 cm³/mol. The highest BCUT2D eigenvalue weighted by Crippen LogP contribution is 2.80. The molecule has 0 heterocycles. The van der Waals surface area contributed by atoms with E-state index in [1.165, 1.54) is 0 Å². The Bertz CT molecular complexity index is 990. The van der Waals surface area contributed by atoms with Crippen molar-refractivity contribution in [2.45, 2.75) is 96.9 Å². The molecule has 0 bridgehead atoms. The van der Waals surface area contributed by atoms with Crippen LogP contribution < -0.4 is 0 Å². The standard InChI is InChI=1S/C42H70/c1-15-17(3)29-21(7)23(9)31-26(12)28(14)36-34-20(6)16(2)18(4)30-22(8)24(10)32-25(11)27(13)35-33(19(15)5)37(29)39(31)42(36)41(35)40(32)38(30)34/h15-42H,1-14H3/t15-,16-,17+,18+,19-,20-,21-,22-,23+,24+,25-,26-,27+,28+,29?,30?,31?,32?,33?,34?,35?,36?,37?,38?,39?,40?,41?,42?/m0/s1. The number of hydrogen-bond donors (Lipinski definition) is 0. The van der Waals surface area contributed by atoms with E-state index in [-0.39, 0.29) is 0 Å². The minimum Gasteiger partial charge on any atom is -0.0620 e. The van der Waals surface area contributed by atoms with Gasteiger partial charge in [-0.3, -0.25) is 0 Å². The average molecular weight is 575 g/mol. The van der Waals surface area contributed by atoms with Crippen molar-refractivity contribution < 1.29 is 0 Å². The second-order valence-corrected chi connectivity index (χ2v) is 20.1. The first-order valence-corrected chi connectivity index (χ1v) is 19.7. The van der Waals surface area contributed by atoms with E-state index in [4.69, 9.17) is 0 Å². The fraction of sp³-hybridized carbons (Fsp3) is 1.00. The molecule has 14 unspecified atom stereocenters. The van der Waals surface area contributed by atoms with Crippen LogP contribution in [0.4, 0.5) is 0 Å². The van der Waals surface area contributed by atoms with Gasteiger partial charge in [-0.15, -0.1) is 0 Å². The lowest BCUT2D eigenvalue weighted by atomic mass is 9.25. The summed E-state index contributed by atoms with van der Waals surface area (Å²) >= 11 is 0. The molecule has 42 heavy (non-hydrogen) atoms. The summed E-state index contributed by atoms with van der Waals surface area (Å²) in [6.45, 7) is 38.7. The molecule has 28 atom stereocenters. The van der Waals surface area contributed by atoms with Gasteiger partial charge in [0.15, 0.2) is 0 Å². The van der Waals surface area contributed by atoms with E-state index in [0.717, 1.165) is 166 Å². The summed E-state index contributed by atoms with van der Waals surface area (Å²) in [5.74, 6) is 26.7. The summed E-state index contributed by atoms with van der Waals surface area (Å²) in [5, 5.41) is 0. The molecular formula is C42H70. The van der Waals surface area contributed by atoms with Crippen molar-refractivity contribution in [3.8, 4) is 0 Å². The molecule has 0 aliphatic heterocycles. The van der Waals surface area contributed by atoms with Crippen LogP contribution in [-0.2, 0) is 0 Å². The second kappa shape index (κ2) is 9.30. The predicted octanol–water partition coefficient (Wildman–Crippen LogP) is 10.6. The van der Waals surface area contributed by atoms with Gasteiger partial charge in [0.25, 0.3) is 0 Å². The molecule has 0 amide bonds. The van der Waals surface area contributed by atoms with Crippen molar-refractivity contribution in [3.63, 3.8) is 0 Å². The summed E-state index contributed by atoms with van der Waals surface area (Å²) in [6.07, 6.45) is 0. The molecule has 0 aromatic carbocycles. The molecule has 0 spiro atoms. The summed E-state index contributed by atoms with van der Waals surface area (Å²) in [4.78, 5) is 0. The monoisotopic (exact) mass is 575 g/mol. The number of hydrogen-bond acceptors (Lipinski definition) is 0. The smallest absolute Gasteiger partial charge is 0.0312 e. The van der Waals surface area contributed by atoms with Crippen molar-refractivity contribution in [1.82, 2.24) is 0 Å². The van der Waals surface area contributed by atoms with Gasteiger partial charge in [0.1, 0.15) is 0 Å². The highest BCUT2D eigenvalue weighted by atomic mass is 14.8. The molecule has 8 aliphatic carbocycles. The Balaban J connectivity index is 1.40. The van der Waals surface area contributed by atoms with Crippen molar-refractivity contribution >= 4 is 0 Å². The van der Waals surface area contributed by atoms with Crippen LogP contribution >= 0.6 is 0 Å². The van der Waals surface area contributed by atoms with Crippen LogP contribution in [0.25, 0.3) is 0 Å². The summed E-state index contributed by atoms with van der Waals surface area (Å²) in [7, 11) is 0. The molecule has 8 aliphatic rings. The Labute approximate surface area is 262 Å². The number of rotatable bonds is 0. The third-order valence-corrected chi connectivity index (χ3v) is 20.6. The van der Waals surface area contributed by atoms with E-state index >= 15 is 0 Å². The van der Waals surface area contributed by atoms with E-state index in [1.54, 1.807) is 0 Å². The Morgan fingerprint density at radius 2 is 0.238 bits per heavy atom. The van der Waals surface area contributed by atoms with Crippen molar-refractivity contribution in [2.75, 3.05) is 0 Å². The first-order valence-electron chi connectivity index (χ1n) is 19.7. The van der Waals surface area contributed by atoms with Gasteiger partial charge < -0.3 is 0 Å². The topological polar surface area (TPSA) is 0 Å². The van der Waals surface area contributed by atoms with Gasteiger partial charge in [-0.2, -0.15) is 0 Å². The summed E-state index contributed by atoms with van der Waals surface area (Å²) in [5.41, 5.74) is 0. The minimum atomic E-state index is 0.889. The van der Waals surface area contributed by atoms with Gasteiger partial charge in [0.05, 0.1) is 0 Å². The maximum Gasteiger partial charge on any atom is -0.0312 e. The van der Waals surface area contributed by atoms with Crippen LogP contribution in [0.15, 0.2) is 0 Å². The Kier molecular flexibility index (Phi) is 6.51. The molecule has 8 rings (SSSR count). The fourth-order valence-corrected chi connectivity index (χ4v) is 18.3. The van der Waals surface area contributed by atoms with Crippen LogP contribution in [0.5, 0.6) is 0 Å². The highest BCUT2D eigenvalue weighted by molar-refractivity contribution is 5.23. The van der Waals surface area contributed by atoms with E-state index in [2.05, 4.69) is 96.9 Å². The zero-order valence-electron chi connectivity index (χ0n) is 30.2. The van der Waals surface area contributed by atoms with Crippen LogP contribution in [0.2, 0.25) is 0 Å². The zero-order valence-corrected chi connectivity index (χ0v) is 30.2. The largest absolute Gasteiger partial charge is 0.0620 e. The average Bonchev–Trinajstić information content (AvgIpc) is 2.95. The normalized spacial score (nSPS) is 73.0. The molecule has 0 saturated heterocycles. The molecule has 238 valence electrons. The molecular weight excluding hydrogens is 504 g/mol. The van der Waals surface area contributed by atoms with Gasteiger partial charge in [0, 0.05) is 0 Å². The van der Waals surface area contributed by atoms with Crippen molar-refractivity contribution in [3.05, 3.63) is 0 Å².